The fourth-order valence-corrected chi connectivity index (χ4v) is 2.31. The molecule has 0 aromatic heterocycles. The van der Waals surface area contributed by atoms with E-state index in [1.54, 1.807) is 24.0 Å². The third kappa shape index (κ3) is 6.15. The lowest BCUT2D eigenvalue weighted by molar-refractivity contribution is -0.138. The Kier molecular flexibility index (Phi) is 6.88. The maximum absolute atomic E-state index is 12.2. The van der Waals surface area contributed by atoms with Crippen LogP contribution in [-0.2, 0) is 14.3 Å². The molecule has 0 saturated carbocycles. The molecule has 8 heteroatoms. The van der Waals surface area contributed by atoms with Crippen LogP contribution in [0.5, 0.6) is 5.75 Å². The van der Waals surface area contributed by atoms with Gasteiger partial charge in [-0.1, -0.05) is 12.1 Å². The Labute approximate surface area is 144 Å². The molecule has 6 nitrogen and oxygen atoms in total. The molecule has 1 atom stereocenters. The molecule has 1 N–H and O–H groups in total. The van der Waals surface area contributed by atoms with Crippen LogP contribution in [0.4, 0.5) is 8.78 Å². The van der Waals surface area contributed by atoms with Crippen LogP contribution in [-0.4, -0.2) is 55.7 Å². The first-order chi connectivity index (χ1) is 12.0. The van der Waals surface area contributed by atoms with Crippen molar-refractivity contribution in [2.75, 3.05) is 26.3 Å². The lowest BCUT2D eigenvalue weighted by atomic mass is 10.2. The summed E-state index contributed by atoms with van der Waals surface area (Å²) < 4.78 is 33.6. The Balaban J connectivity index is 1.84. The van der Waals surface area contributed by atoms with E-state index < -0.39 is 18.6 Å². The summed E-state index contributed by atoms with van der Waals surface area (Å²) in [5.41, 5.74) is 0.643. The first kappa shape index (κ1) is 18.9. The zero-order chi connectivity index (χ0) is 18.2. The summed E-state index contributed by atoms with van der Waals surface area (Å²) in [5, 5.41) is 2.60. The number of nitrogens with one attached hydrogen (secondary N) is 1. The van der Waals surface area contributed by atoms with Crippen LogP contribution in [0.25, 0.3) is 6.08 Å². The number of nitrogens with zero attached hydrogens (tertiary/aromatic N) is 1. The number of carbonyl (C=O) groups excluding carboxylic acids is 2. The van der Waals surface area contributed by atoms with Crippen molar-refractivity contribution in [1.82, 2.24) is 10.2 Å². The van der Waals surface area contributed by atoms with Crippen molar-refractivity contribution in [1.29, 1.82) is 0 Å². The quantitative estimate of drug-likeness (QED) is 0.789. The van der Waals surface area contributed by atoms with Crippen LogP contribution in [0.2, 0.25) is 0 Å². The number of carbonyl (C=O) groups is 2. The molecule has 1 aromatic rings. The number of ether oxygens (including phenoxy) is 2. The molecule has 1 aromatic carbocycles. The van der Waals surface area contributed by atoms with Gasteiger partial charge in [-0.2, -0.15) is 8.78 Å². The van der Waals surface area contributed by atoms with Crippen molar-refractivity contribution in [2.45, 2.75) is 19.6 Å². The number of amides is 2. The molecule has 25 heavy (non-hydrogen) atoms. The molecule has 0 radical (unpaired) electrons. The average Bonchev–Trinajstić information content (AvgIpc) is 2.60. The van der Waals surface area contributed by atoms with Gasteiger partial charge >= 0.3 is 6.61 Å². The number of halogens is 2. The van der Waals surface area contributed by atoms with Gasteiger partial charge in [0.25, 0.3) is 0 Å². The Bertz CT molecular complexity index is 614. The predicted molar refractivity (Wildman–Crippen MR) is 87.1 cm³/mol. The second-order valence-electron chi connectivity index (χ2n) is 5.45. The van der Waals surface area contributed by atoms with Gasteiger partial charge in [0.1, 0.15) is 11.8 Å². The molecule has 0 bridgehead atoms. The number of hydrogen-bond acceptors (Lipinski definition) is 4. The van der Waals surface area contributed by atoms with E-state index in [-0.39, 0.29) is 11.7 Å². The summed E-state index contributed by atoms with van der Waals surface area (Å²) in [4.78, 5) is 25.8. The van der Waals surface area contributed by atoms with Crippen LogP contribution < -0.4 is 10.1 Å². The third-order valence-corrected chi connectivity index (χ3v) is 3.58. The molecule has 136 valence electrons. The molecule has 1 aliphatic heterocycles. The fraction of sp³-hybridized carbons (Fsp3) is 0.412. The highest BCUT2D eigenvalue weighted by Crippen LogP contribution is 2.15. The monoisotopic (exact) mass is 354 g/mol. The van der Waals surface area contributed by atoms with E-state index in [4.69, 9.17) is 4.74 Å². The van der Waals surface area contributed by atoms with Crippen LogP contribution in [0.1, 0.15) is 12.5 Å². The second kappa shape index (κ2) is 9.12. The number of alkyl halides is 2. The van der Waals surface area contributed by atoms with E-state index in [9.17, 15) is 18.4 Å². The molecule has 1 aliphatic rings. The molecule has 1 fully saturated rings. The van der Waals surface area contributed by atoms with Crippen molar-refractivity contribution >= 4 is 17.9 Å². The molecule has 0 aliphatic carbocycles. The van der Waals surface area contributed by atoms with Gasteiger partial charge in [-0.05, 0) is 30.7 Å². The van der Waals surface area contributed by atoms with Crippen molar-refractivity contribution in [3.8, 4) is 5.75 Å². The number of rotatable bonds is 6. The van der Waals surface area contributed by atoms with E-state index >= 15 is 0 Å². The maximum atomic E-state index is 12.2. The normalized spacial score (nSPS) is 16.1. The van der Waals surface area contributed by atoms with Gasteiger partial charge in [0.05, 0.1) is 13.2 Å². The van der Waals surface area contributed by atoms with Crippen molar-refractivity contribution in [2.24, 2.45) is 0 Å². The predicted octanol–water partition coefficient (Wildman–Crippen LogP) is 1.66. The zero-order valence-electron chi connectivity index (χ0n) is 13.8. The smallest absolute Gasteiger partial charge is 0.387 e. The molecule has 0 spiro atoms. The molecule has 1 heterocycles. The third-order valence-electron chi connectivity index (χ3n) is 3.58. The standard InChI is InChI=1S/C17H20F2N2O4/c1-12(16(23)21-8-10-24-11-9-21)20-15(22)7-4-13-2-5-14(6-3-13)25-17(18)19/h2-7,12,17H,8-11H2,1H3,(H,20,22). The van der Waals surface area contributed by atoms with Gasteiger partial charge in [0, 0.05) is 19.2 Å². The second-order valence-corrected chi connectivity index (χ2v) is 5.45. The summed E-state index contributed by atoms with van der Waals surface area (Å²) in [6.07, 6.45) is 2.81. The summed E-state index contributed by atoms with van der Waals surface area (Å²) in [6, 6.07) is 5.22. The summed E-state index contributed by atoms with van der Waals surface area (Å²) >= 11 is 0. The molecular formula is C17H20F2N2O4. The summed E-state index contributed by atoms with van der Waals surface area (Å²) in [5.74, 6) is -0.526. The van der Waals surface area contributed by atoms with Crippen molar-refractivity contribution < 1.29 is 27.8 Å². The van der Waals surface area contributed by atoms with Gasteiger partial charge in [-0.3, -0.25) is 9.59 Å². The number of hydrogen-bond donors (Lipinski definition) is 1. The van der Waals surface area contributed by atoms with E-state index in [0.29, 0.717) is 31.9 Å². The zero-order valence-corrected chi connectivity index (χ0v) is 13.8. The Morgan fingerprint density at radius 1 is 1.24 bits per heavy atom. The first-order valence-corrected chi connectivity index (χ1v) is 7.85. The number of benzene rings is 1. The minimum Gasteiger partial charge on any atom is -0.435 e. The van der Waals surface area contributed by atoms with Crippen molar-refractivity contribution in [3.05, 3.63) is 35.9 Å². The van der Waals surface area contributed by atoms with E-state index in [1.807, 2.05) is 0 Å². The van der Waals surface area contributed by atoms with E-state index in [1.165, 1.54) is 24.3 Å². The maximum Gasteiger partial charge on any atom is 0.387 e. The van der Waals surface area contributed by atoms with Gasteiger partial charge < -0.3 is 19.7 Å². The van der Waals surface area contributed by atoms with Gasteiger partial charge in [-0.15, -0.1) is 0 Å². The highest BCUT2D eigenvalue weighted by Gasteiger charge is 2.22. The first-order valence-electron chi connectivity index (χ1n) is 7.85. The van der Waals surface area contributed by atoms with Crippen molar-refractivity contribution in [3.63, 3.8) is 0 Å². The molecule has 2 rings (SSSR count). The fourth-order valence-electron chi connectivity index (χ4n) is 2.31. The van der Waals surface area contributed by atoms with Crippen LogP contribution in [0.3, 0.4) is 0 Å². The SMILES string of the molecule is CC(NC(=O)C=Cc1ccc(OC(F)F)cc1)C(=O)N1CCOCC1. The van der Waals surface area contributed by atoms with Gasteiger partial charge in [-0.25, -0.2) is 0 Å². The minimum absolute atomic E-state index is 0.0429. The molecule has 1 unspecified atom stereocenters. The van der Waals surface area contributed by atoms with Gasteiger partial charge in [0.2, 0.25) is 11.8 Å². The average molecular weight is 354 g/mol. The minimum atomic E-state index is -2.88. The van der Waals surface area contributed by atoms with E-state index in [2.05, 4.69) is 10.1 Å². The molecule has 2 amide bonds. The summed E-state index contributed by atoms with van der Waals surface area (Å²) in [7, 11) is 0. The number of morpholine rings is 1. The highest BCUT2D eigenvalue weighted by atomic mass is 19.3. The van der Waals surface area contributed by atoms with Gasteiger partial charge in [0.15, 0.2) is 0 Å². The van der Waals surface area contributed by atoms with Crippen LogP contribution in [0.15, 0.2) is 30.3 Å². The lowest BCUT2D eigenvalue weighted by Crippen LogP contribution is -2.50. The van der Waals surface area contributed by atoms with Crippen LogP contribution >= 0.6 is 0 Å². The van der Waals surface area contributed by atoms with E-state index in [0.717, 1.165) is 0 Å². The largest absolute Gasteiger partial charge is 0.435 e. The Morgan fingerprint density at radius 2 is 1.88 bits per heavy atom. The lowest BCUT2D eigenvalue weighted by Gasteiger charge is -2.29. The molecular weight excluding hydrogens is 334 g/mol. The molecule has 1 saturated heterocycles. The van der Waals surface area contributed by atoms with Crippen LogP contribution in [0, 0.1) is 0 Å². The summed E-state index contributed by atoms with van der Waals surface area (Å²) in [6.45, 7) is 0.775. The Hall–Kier alpha value is -2.48. The topological polar surface area (TPSA) is 67.9 Å². The highest BCUT2D eigenvalue weighted by molar-refractivity contribution is 5.95. The Morgan fingerprint density at radius 3 is 2.48 bits per heavy atom.